The van der Waals surface area contributed by atoms with Crippen molar-refractivity contribution < 1.29 is 24.5 Å². The second-order valence-corrected chi connectivity index (χ2v) is 19.3. The maximum Gasteiger partial charge on any atom is 0.306 e. The number of carbonyl (C=O) groups excluding carboxylic acids is 2. The van der Waals surface area contributed by atoms with Gasteiger partial charge in [0.25, 0.3) is 0 Å². The fourth-order valence-corrected chi connectivity index (χ4v) is 8.47. The number of hydrogen-bond acceptors (Lipinski definition) is 5. The third kappa shape index (κ3) is 48.0. The van der Waals surface area contributed by atoms with E-state index in [9.17, 15) is 19.8 Å². The van der Waals surface area contributed by atoms with Crippen LogP contribution < -0.4 is 5.32 Å². The van der Waals surface area contributed by atoms with Gasteiger partial charge in [0.1, 0.15) is 6.10 Å². The van der Waals surface area contributed by atoms with Gasteiger partial charge in [-0.3, -0.25) is 9.59 Å². The monoisotopic (exact) mass is 924 g/mol. The highest BCUT2D eigenvalue weighted by Gasteiger charge is 2.24. The lowest BCUT2D eigenvalue weighted by Crippen LogP contribution is -2.46. The molecule has 0 aliphatic carbocycles. The van der Waals surface area contributed by atoms with Crippen molar-refractivity contribution in [2.45, 2.75) is 302 Å². The molecule has 0 fully saturated rings. The molecular weight excluding hydrogens is 815 g/mol. The Kier molecular flexibility index (Phi) is 51.5. The average Bonchev–Trinajstić information content (AvgIpc) is 3.31. The highest BCUT2D eigenvalue weighted by atomic mass is 16.5. The maximum atomic E-state index is 13.3. The Morgan fingerprint density at radius 2 is 0.773 bits per heavy atom. The molecule has 0 aromatic heterocycles. The molecule has 3 atom stereocenters. The molecule has 0 bridgehead atoms. The van der Waals surface area contributed by atoms with Crippen molar-refractivity contribution in [2.24, 2.45) is 0 Å². The van der Waals surface area contributed by atoms with Gasteiger partial charge >= 0.3 is 5.97 Å². The van der Waals surface area contributed by atoms with Crippen molar-refractivity contribution in [3.05, 3.63) is 60.8 Å². The molecule has 0 aromatic carbocycles. The number of carbonyl (C=O) groups is 2. The number of amides is 1. The first-order valence-electron chi connectivity index (χ1n) is 28.5. The van der Waals surface area contributed by atoms with Crippen molar-refractivity contribution in [1.29, 1.82) is 0 Å². The minimum Gasteiger partial charge on any atom is -0.462 e. The molecular formula is C60H109NO5. The summed E-state index contributed by atoms with van der Waals surface area (Å²) in [6, 6.07) is -0.715. The molecule has 6 heteroatoms. The van der Waals surface area contributed by atoms with Gasteiger partial charge in [-0.05, 0) is 96.3 Å². The van der Waals surface area contributed by atoms with Crippen LogP contribution in [-0.4, -0.2) is 46.9 Å². The van der Waals surface area contributed by atoms with Crippen molar-refractivity contribution in [3.63, 3.8) is 0 Å². The van der Waals surface area contributed by atoms with E-state index in [0.29, 0.717) is 19.3 Å². The van der Waals surface area contributed by atoms with Crippen LogP contribution in [0.2, 0.25) is 0 Å². The van der Waals surface area contributed by atoms with Crippen LogP contribution in [0.5, 0.6) is 0 Å². The molecule has 3 N–H and O–H groups in total. The van der Waals surface area contributed by atoms with Gasteiger partial charge in [-0.25, -0.2) is 0 Å². The van der Waals surface area contributed by atoms with Crippen LogP contribution >= 0.6 is 0 Å². The van der Waals surface area contributed by atoms with Gasteiger partial charge in [-0.1, -0.05) is 236 Å². The van der Waals surface area contributed by atoms with Crippen molar-refractivity contribution in [1.82, 2.24) is 5.32 Å². The number of hydrogen-bond donors (Lipinski definition) is 3. The fourth-order valence-electron chi connectivity index (χ4n) is 8.47. The molecule has 0 aromatic rings. The van der Waals surface area contributed by atoms with Crippen LogP contribution in [0.3, 0.4) is 0 Å². The molecule has 0 saturated heterocycles. The molecule has 1 amide bonds. The summed E-state index contributed by atoms with van der Waals surface area (Å²) in [7, 11) is 0. The summed E-state index contributed by atoms with van der Waals surface area (Å²) < 4.78 is 5.94. The predicted octanol–water partition coefficient (Wildman–Crippen LogP) is 17.6. The Morgan fingerprint density at radius 1 is 0.439 bits per heavy atom. The lowest BCUT2D eigenvalue weighted by atomic mass is 10.0. The van der Waals surface area contributed by atoms with E-state index < -0.39 is 18.2 Å². The number of allylic oxidation sites excluding steroid dienone is 10. The number of unbranched alkanes of at least 4 members (excludes halogenated alkanes) is 29. The topological polar surface area (TPSA) is 95.9 Å². The zero-order chi connectivity index (χ0) is 48.1. The van der Waals surface area contributed by atoms with Crippen molar-refractivity contribution in [3.8, 4) is 0 Å². The number of ether oxygens (including phenoxy) is 1. The van der Waals surface area contributed by atoms with E-state index in [0.717, 1.165) is 96.3 Å². The maximum absolute atomic E-state index is 13.3. The van der Waals surface area contributed by atoms with E-state index in [1.807, 2.05) is 0 Å². The smallest absolute Gasteiger partial charge is 0.306 e. The van der Waals surface area contributed by atoms with E-state index in [1.165, 1.54) is 141 Å². The molecule has 0 heterocycles. The van der Waals surface area contributed by atoms with Gasteiger partial charge in [-0.15, -0.1) is 0 Å². The first-order chi connectivity index (χ1) is 32.5. The first-order valence-corrected chi connectivity index (χ1v) is 28.5. The normalized spacial score (nSPS) is 13.6. The number of rotatable bonds is 51. The van der Waals surface area contributed by atoms with Crippen LogP contribution in [0.4, 0.5) is 0 Å². The summed E-state index contributed by atoms with van der Waals surface area (Å²) in [6.07, 6.45) is 67.1. The van der Waals surface area contributed by atoms with Crippen LogP contribution in [0.25, 0.3) is 0 Å². The zero-order valence-corrected chi connectivity index (χ0v) is 43.8. The summed E-state index contributed by atoms with van der Waals surface area (Å²) in [4.78, 5) is 26.2. The summed E-state index contributed by atoms with van der Waals surface area (Å²) in [5, 5.41) is 23.8. The summed E-state index contributed by atoms with van der Waals surface area (Å²) in [5.41, 5.74) is 0. The van der Waals surface area contributed by atoms with Crippen LogP contribution in [0, 0.1) is 0 Å². The summed E-state index contributed by atoms with van der Waals surface area (Å²) >= 11 is 0. The van der Waals surface area contributed by atoms with E-state index in [-0.39, 0.29) is 24.9 Å². The Bertz CT molecular complexity index is 1170. The van der Waals surface area contributed by atoms with Crippen molar-refractivity contribution >= 4 is 11.9 Å². The molecule has 0 radical (unpaired) electrons. The lowest BCUT2D eigenvalue weighted by Gasteiger charge is -2.24. The largest absolute Gasteiger partial charge is 0.462 e. The summed E-state index contributed by atoms with van der Waals surface area (Å²) in [5.74, 6) is -0.519. The van der Waals surface area contributed by atoms with Crippen LogP contribution in [0.1, 0.15) is 284 Å². The van der Waals surface area contributed by atoms with E-state index >= 15 is 0 Å². The first kappa shape index (κ1) is 63.6. The third-order valence-corrected chi connectivity index (χ3v) is 12.8. The standard InChI is InChI=1S/C60H109NO5/c1-4-7-10-13-16-19-22-25-28-29-30-31-32-35-38-41-44-47-50-53-60(65)66-56(51-48-45-42-39-36-33-26-23-20-17-14-11-8-5-2)54-59(64)61-57(55-62)58(63)52-49-46-43-40-37-34-27-24-21-18-15-12-9-6-3/h16,19,25,28,30-31,33,35-36,38,56-58,62-63H,4-15,17-18,20-24,26-27,29,32,34,37,39-55H2,1-3H3,(H,61,64)/b19-16-,28-25-,31-30-,36-33+,38-35-. The quantitative estimate of drug-likeness (QED) is 0.0321. The van der Waals surface area contributed by atoms with Gasteiger partial charge in [0.2, 0.25) is 5.91 Å². The molecule has 0 saturated carbocycles. The highest BCUT2D eigenvalue weighted by Crippen LogP contribution is 2.18. The Hall–Kier alpha value is -2.44. The molecule has 384 valence electrons. The van der Waals surface area contributed by atoms with Crippen molar-refractivity contribution in [2.75, 3.05) is 6.61 Å². The number of aliphatic hydroxyl groups excluding tert-OH is 2. The molecule has 6 nitrogen and oxygen atoms in total. The van der Waals surface area contributed by atoms with Gasteiger partial charge < -0.3 is 20.3 Å². The fraction of sp³-hybridized carbons (Fsp3) is 0.800. The molecule has 66 heavy (non-hydrogen) atoms. The van der Waals surface area contributed by atoms with Crippen LogP contribution in [-0.2, 0) is 14.3 Å². The second kappa shape index (κ2) is 53.5. The van der Waals surface area contributed by atoms with Gasteiger partial charge in [0.05, 0.1) is 25.2 Å². The molecule has 3 unspecified atom stereocenters. The third-order valence-electron chi connectivity index (χ3n) is 12.8. The van der Waals surface area contributed by atoms with Gasteiger partial charge in [-0.2, -0.15) is 0 Å². The Morgan fingerprint density at radius 3 is 1.23 bits per heavy atom. The molecule has 0 spiro atoms. The molecule has 0 rings (SSSR count). The number of aliphatic hydroxyl groups is 2. The van der Waals surface area contributed by atoms with Gasteiger partial charge in [0.15, 0.2) is 0 Å². The van der Waals surface area contributed by atoms with E-state index in [4.69, 9.17) is 4.74 Å². The van der Waals surface area contributed by atoms with Gasteiger partial charge in [0, 0.05) is 6.42 Å². The minimum absolute atomic E-state index is 0.0538. The van der Waals surface area contributed by atoms with E-state index in [2.05, 4.69) is 86.8 Å². The Balaban J connectivity index is 4.62. The minimum atomic E-state index is -0.799. The highest BCUT2D eigenvalue weighted by molar-refractivity contribution is 5.77. The second-order valence-electron chi connectivity index (χ2n) is 19.3. The van der Waals surface area contributed by atoms with Crippen LogP contribution in [0.15, 0.2) is 60.8 Å². The number of nitrogens with one attached hydrogen (secondary N) is 1. The molecule has 0 aliphatic rings. The SMILES string of the molecule is CCCCC/C=C\C/C=C\C/C=C\C/C=C\CCCCCC(=O)OC(CCCCC/C=C/CCCCCCCCC)CC(=O)NC(CO)C(O)CCCCCCCCCCCCCCCC. The zero-order valence-electron chi connectivity index (χ0n) is 43.8. The summed E-state index contributed by atoms with van der Waals surface area (Å²) in [6.45, 7) is 6.46. The lowest BCUT2D eigenvalue weighted by molar-refractivity contribution is -0.151. The number of esters is 1. The predicted molar refractivity (Wildman–Crippen MR) is 287 cm³/mol. The van der Waals surface area contributed by atoms with E-state index in [1.54, 1.807) is 0 Å². The Labute approximate surface area is 409 Å². The average molecular weight is 925 g/mol. The molecule has 0 aliphatic heterocycles.